The highest BCUT2D eigenvalue weighted by Crippen LogP contribution is 2.30. The molecule has 1 aliphatic heterocycles. The standard InChI is InChI=1S/C14H24N2O4/c17-7-5-11-2-1-6-15(8-11)14(20)16(10-13(18)19)9-12-3-4-12/h11-12,17H,1-10H2,(H,18,19). The van der Waals surface area contributed by atoms with Crippen molar-refractivity contribution in [3.8, 4) is 0 Å². The molecule has 1 saturated carbocycles. The van der Waals surface area contributed by atoms with Gasteiger partial charge in [-0.3, -0.25) is 4.79 Å². The van der Waals surface area contributed by atoms with Crippen LogP contribution < -0.4 is 0 Å². The van der Waals surface area contributed by atoms with Gasteiger partial charge in [0.1, 0.15) is 6.54 Å². The number of aliphatic carboxylic acids is 1. The maximum absolute atomic E-state index is 12.5. The maximum atomic E-state index is 12.5. The van der Waals surface area contributed by atoms with Gasteiger partial charge < -0.3 is 20.0 Å². The third kappa shape index (κ3) is 4.37. The number of aliphatic hydroxyl groups excluding tert-OH is 1. The first-order valence-electron chi connectivity index (χ1n) is 7.46. The van der Waals surface area contributed by atoms with Crippen molar-refractivity contribution in [1.29, 1.82) is 0 Å². The molecule has 0 bridgehead atoms. The van der Waals surface area contributed by atoms with Crippen LogP contribution in [0.2, 0.25) is 0 Å². The quantitative estimate of drug-likeness (QED) is 0.762. The van der Waals surface area contributed by atoms with Gasteiger partial charge in [-0.1, -0.05) is 0 Å². The topological polar surface area (TPSA) is 81.1 Å². The Morgan fingerprint density at radius 3 is 2.55 bits per heavy atom. The second-order valence-corrected chi connectivity index (χ2v) is 5.97. The van der Waals surface area contributed by atoms with Gasteiger partial charge in [-0.15, -0.1) is 0 Å². The van der Waals surface area contributed by atoms with E-state index in [1.807, 2.05) is 0 Å². The molecule has 0 aromatic heterocycles. The van der Waals surface area contributed by atoms with E-state index in [0.717, 1.165) is 25.7 Å². The number of piperidine rings is 1. The number of amides is 2. The summed E-state index contributed by atoms with van der Waals surface area (Å²) in [5.41, 5.74) is 0. The van der Waals surface area contributed by atoms with E-state index in [9.17, 15) is 9.59 Å². The Morgan fingerprint density at radius 2 is 1.95 bits per heavy atom. The number of carboxylic acids is 1. The largest absolute Gasteiger partial charge is 0.480 e. The van der Waals surface area contributed by atoms with Crippen LogP contribution in [0.5, 0.6) is 0 Å². The summed E-state index contributed by atoms with van der Waals surface area (Å²) in [6, 6.07) is -0.151. The Hall–Kier alpha value is -1.30. The second-order valence-electron chi connectivity index (χ2n) is 5.97. The zero-order valence-corrected chi connectivity index (χ0v) is 11.8. The van der Waals surface area contributed by atoms with Crippen molar-refractivity contribution >= 4 is 12.0 Å². The molecule has 2 aliphatic rings. The molecule has 20 heavy (non-hydrogen) atoms. The third-order valence-electron chi connectivity index (χ3n) is 4.10. The molecule has 0 spiro atoms. The minimum absolute atomic E-state index is 0.146. The smallest absolute Gasteiger partial charge is 0.323 e. The van der Waals surface area contributed by atoms with Crippen LogP contribution in [0.3, 0.4) is 0 Å². The Kier molecular flexibility index (Phi) is 5.23. The van der Waals surface area contributed by atoms with E-state index in [-0.39, 0.29) is 19.2 Å². The van der Waals surface area contributed by atoms with Crippen molar-refractivity contribution in [2.24, 2.45) is 11.8 Å². The van der Waals surface area contributed by atoms with E-state index in [1.165, 1.54) is 4.90 Å². The molecule has 1 aliphatic carbocycles. The first kappa shape index (κ1) is 15.1. The fourth-order valence-electron chi connectivity index (χ4n) is 2.84. The van der Waals surface area contributed by atoms with E-state index >= 15 is 0 Å². The monoisotopic (exact) mass is 284 g/mol. The Labute approximate surface area is 119 Å². The second kappa shape index (κ2) is 6.92. The van der Waals surface area contributed by atoms with Crippen molar-refractivity contribution < 1.29 is 19.8 Å². The Morgan fingerprint density at radius 1 is 1.20 bits per heavy atom. The summed E-state index contributed by atoms with van der Waals surface area (Å²) >= 11 is 0. The van der Waals surface area contributed by atoms with Gasteiger partial charge in [0.15, 0.2) is 0 Å². The van der Waals surface area contributed by atoms with E-state index in [1.54, 1.807) is 4.90 Å². The van der Waals surface area contributed by atoms with Gasteiger partial charge in [0, 0.05) is 26.2 Å². The lowest BCUT2D eigenvalue weighted by molar-refractivity contribution is -0.137. The van der Waals surface area contributed by atoms with Crippen LogP contribution in [0.15, 0.2) is 0 Å². The van der Waals surface area contributed by atoms with Gasteiger partial charge in [-0.25, -0.2) is 4.79 Å². The average Bonchev–Trinajstić information content (AvgIpc) is 3.21. The van der Waals surface area contributed by atoms with E-state index in [2.05, 4.69) is 0 Å². The third-order valence-corrected chi connectivity index (χ3v) is 4.10. The minimum atomic E-state index is -0.956. The first-order chi connectivity index (χ1) is 9.60. The van der Waals surface area contributed by atoms with Gasteiger partial charge in [0.25, 0.3) is 0 Å². The first-order valence-corrected chi connectivity index (χ1v) is 7.46. The summed E-state index contributed by atoms with van der Waals surface area (Å²) in [7, 11) is 0. The fourth-order valence-corrected chi connectivity index (χ4v) is 2.84. The van der Waals surface area contributed by atoms with Crippen LogP contribution in [0.1, 0.15) is 32.1 Å². The van der Waals surface area contributed by atoms with Gasteiger partial charge in [0.05, 0.1) is 0 Å². The summed E-state index contributed by atoms with van der Waals surface area (Å²) in [6.45, 7) is 1.83. The molecule has 2 N–H and O–H groups in total. The SMILES string of the molecule is O=C(O)CN(CC1CC1)C(=O)N1CCCC(CCO)C1. The molecule has 1 saturated heterocycles. The number of carboxylic acid groups (broad SMARTS) is 1. The molecular weight excluding hydrogens is 260 g/mol. The summed E-state index contributed by atoms with van der Waals surface area (Å²) in [4.78, 5) is 26.6. The van der Waals surface area contributed by atoms with Crippen LogP contribution in [0.4, 0.5) is 4.79 Å². The van der Waals surface area contributed by atoms with Crippen molar-refractivity contribution in [1.82, 2.24) is 9.80 Å². The molecule has 1 atom stereocenters. The van der Waals surface area contributed by atoms with Crippen LogP contribution in [0.25, 0.3) is 0 Å². The van der Waals surface area contributed by atoms with Crippen molar-refractivity contribution in [3.63, 3.8) is 0 Å². The number of carbonyl (C=O) groups excluding carboxylic acids is 1. The van der Waals surface area contributed by atoms with E-state index < -0.39 is 5.97 Å². The summed E-state index contributed by atoms with van der Waals surface area (Å²) in [5.74, 6) is -0.135. The lowest BCUT2D eigenvalue weighted by Crippen LogP contribution is -2.49. The van der Waals surface area contributed by atoms with Gasteiger partial charge >= 0.3 is 12.0 Å². The highest BCUT2D eigenvalue weighted by Gasteiger charge is 2.32. The highest BCUT2D eigenvalue weighted by atomic mass is 16.4. The minimum Gasteiger partial charge on any atom is -0.480 e. The van der Waals surface area contributed by atoms with Crippen LogP contribution >= 0.6 is 0 Å². The number of hydrogen-bond donors (Lipinski definition) is 2. The Bertz CT molecular complexity index is 355. The fraction of sp³-hybridized carbons (Fsp3) is 0.857. The van der Waals surface area contributed by atoms with Crippen molar-refractivity contribution in [2.75, 3.05) is 32.8 Å². The average molecular weight is 284 g/mol. The van der Waals surface area contributed by atoms with Gasteiger partial charge in [-0.05, 0) is 43.9 Å². The predicted octanol–water partition coefficient (Wildman–Crippen LogP) is 0.997. The lowest BCUT2D eigenvalue weighted by atomic mass is 9.95. The van der Waals surface area contributed by atoms with Crippen molar-refractivity contribution in [3.05, 3.63) is 0 Å². The molecular formula is C14H24N2O4. The molecule has 0 radical (unpaired) electrons. The summed E-state index contributed by atoms with van der Waals surface area (Å²) < 4.78 is 0. The molecule has 114 valence electrons. The van der Waals surface area contributed by atoms with Gasteiger partial charge in [0.2, 0.25) is 0 Å². The number of urea groups is 1. The number of carbonyl (C=O) groups is 2. The van der Waals surface area contributed by atoms with Gasteiger partial charge in [-0.2, -0.15) is 0 Å². The predicted molar refractivity (Wildman–Crippen MR) is 73.3 cm³/mol. The van der Waals surface area contributed by atoms with Crippen molar-refractivity contribution in [2.45, 2.75) is 32.1 Å². The van der Waals surface area contributed by atoms with E-state index in [4.69, 9.17) is 10.2 Å². The number of likely N-dealkylation sites (tertiary alicyclic amines) is 1. The normalized spacial score (nSPS) is 22.6. The highest BCUT2D eigenvalue weighted by molar-refractivity contribution is 5.80. The van der Waals surface area contributed by atoms with Crippen LogP contribution in [0, 0.1) is 11.8 Å². The number of aliphatic hydroxyl groups is 1. The molecule has 2 amide bonds. The Balaban J connectivity index is 1.92. The number of rotatable bonds is 6. The molecule has 6 nitrogen and oxygen atoms in total. The molecule has 6 heteroatoms. The molecule has 0 aromatic rings. The van der Waals surface area contributed by atoms with Crippen LogP contribution in [-0.4, -0.2) is 64.8 Å². The zero-order valence-electron chi connectivity index (χ0n) is 11.8. The molecule has 2 rings (SSSR count). The number of nitrogens with zero attached hydrogens (tertiary/aromatic N) is 2. The zero-order chi connectivity index (χ0) is 14.5. The molecule has 1 heterocycles. The van der Waals surface area contributed by atoms with Crippen LogP contribution in [-0.2, 0) is 4.79 Å². The van der Waals surface area contributed by atoms with E-state index in [0.29, 0.717) is 37.9 Å². The maximum Gasteiger partial charge on any atom is 0.323 e. The molecule has 2 fully saturated rings. The molecule has 0 aromatic carbocycles. The summed E-state index contributed by atoms with van der Waals surface area (Å²) in [6.07, 6.45) is 4.87. The summed E-state index contributed by atoms with van der Waals surface area (Å²) in [5, 5.41) is 18.0. The lowest BCUT2D eigenvalue weighted by Gasteiger charge is -2.36. The molecule has 1 unspecified atom stereocenters. The number of hydrogen-bond acceptors (Lipinski definition) is 3.